The van der Waals surface area contributed by atoms with Gasteiger partial charge in [0.05, 0.1) is 0 Å². The number of carbonyl (C=O) groups is 1. The maximum atomic E-state index is 11.8. The fraction of sp³-hybridized carbons (Fsp3) is 0.412. The van der Waals surface area contributed by atoms with Gasteiger partial charge in [-0.1, -0.05) is 25.5 Å². The summed E-state index contributed by atoms with van der Waals surface area (Å²) in [4.78, 5) is 16.2. The number of hydrogen-bond donors (Lipinski definition) is 3. The molecule has 0 atom stereocenters. The quantitative estimate of drug-likeness (QED) is 0.655. The van der Waals surface area contributed by atoms with E-state index >= 15 is 0 Å². The maximum Gasteiger partial charge on any atom is 0.319 e. The standard InChI is InChI=1S/C17H24N4O2/c1-2-3-10-21-11-9-18-16(21)14-6-4-7-15(13-14)20-17(23)19-8-5-12-22/h4,6-7,9,11,13,22H,2-3,5,8,10,12H2,1H3,(H2,19,20,23). The normalized spacial score (nSPS) is 10.5. The van der Waals surface area contributed by atoms with E-state index in [1.54, 1.807) is 6.20 Å². The second-order valence-electron chi connectivity index (χ2n) is 5.34. The van der Waals surface area contributed by atoms with Crippen LogP contribution in [0.4, 0.5) is 10.5 Å². The molecule has 0 unspecified atom stereocenters. The Hall–Kier alpha value is -2.34. The van der Waals surface area contributed by atoms with Crippen molar-refractivity contribution in [3.8, 4) is 11.4 Å². The number of anilines is 1. The number of aryl methyl sites for hydroxylation is 1. The molecule has 1 heterocycles. The fourth-order valence-corrected chi connectivity index (χ4v) is 2.27. The predicted octanol–water partition coefficient (Wildman–Crippen LogP) is 2.85. The van der Waals surface area contributed by atoms with Gasteiger partial charge in [-0.3, -0.25) is 0 Å². The Kier molecular flexibility index (Phi) is 6.62. The molecule has 0 aliphatic carbocycles. The molecule has 1 aromatic heterocycles. The van der Waals surface area contributed by atoms with Crippen LogP contribution in [0.25, 0.3) is 11.4 Å². The highest BCUT2D eigenvalue weighted by molar-refractivity contribution is 5.89. The third-order valence-electron chi connectivity index (χ3n) is 3.47. The molecular formula is C17H24N4O2. The van der Waals surface area contributed by atoms with Crippen LogP contribution >= 0.6 is 0 Å². The van der Waals surface area contributed by atoms with Crippen LogP contribution in [0.3, 0.4) is 0 Å². The molecule has 0 bridgehead atoms. The van der Waals surface area contributed by atoms with Crippen molar-refractivity contribution < 1.29 is 9.90 Å². The number of rotatable bonds is 8. The van der Waals surface area contributed by atoms with Crippen LogP contribution in [0.1, 0.15) is 26.2 Å². The number of urea groups is 1. The number of nitrogens with one attached hydrogen (secondary N) is 2. The smallest absolute Gasteiger partial charge is 0.319 e. The molecule has 6 heteroatoms. The Morgan fingerprint density at radius 3 is 3.00 bits per heavy atom. The Morgan fingerprint density at radius 1 is 1.35 bits per heavy atom. The third kappa shape index (κ3) is 5.10. The molecule has 0 radical (unpaired) electrons. The van der Waals surface area contributed by atoms with E-state index in [-0.39, 0.29) is 12.6 Å². The summed E-state index contributed by atoms with van der Waals surface area (Å²) >= 11 is 0. The number of aliphatic hydroxyl groups excluding tert-OH is 1. The molecule has 2 amide bonds. The molecular weight excluding hydrogens is 292 g/mol. The van der Waals surface area contributed by atoms with Crippen LogP contribution < -0.4 is 10.6 Å². The first-order chi connectivity index (χ1) is 11.2. The van der Waals surface area contributed by atoms with E-state index in [0.717, 1.165) is 30.8 Å². The summed E-state index contributed by atoms with van der Waals surface area (Å²) in [5.74, 6) is 0.905. The lowest BCUT2D eigenvalue weighted by Gasteiger charge is -2.10. The highest BCUT2D eigenvalue weighted by Crippen LogP contribution is 2.21. The molecule has 2 aromatic rings. The molecule has 0 spiro atoms. The number of benzene rings is 1. The van der Waals surface area contributed by atoms with Gasteiger partial charge in [-0.15, -0.1) is 0 Å². The van der Waals surface area contributed by atoms with Gasteiger partial charge in [0, 0.05) is 43.3 Å². The SMILES string of the molecule is CCCCn1ccnc1-c1cccc(NC(=O)NCCCO)c1. The van der Waals surface area contributed by atoms with Crippen molar-refractivity contribution >= 4 is 11.7 Å². The van der Waals surface area contributed by atoms with Crippen LogP contribution in [0.15, 0.2) is 36.7 Å². The molecule has 0 saturated heterocycles. The summed E-state index contributed by atoms with van der Waals surface area (Å²) in [5, 5.41) is 14.2. The highest BCUT2D eigenvalue weighted by Gasteiger charge is 2.07. The van der Waals surface area contributed by atoms with Crippen LogP contribution in [0, 0.1) is 0 Å². The van der Waals surface area contributed by atoms with Gasteiger partial charge in [-0.25, -0.2) is 9.78 Å². The van der Waals surface area contributed by atoms with Crippen molar-refractivity contribution in [1.29, 1.82) is 0 Å². The van der Waals surface area contributed by atoms with Crippen molar-refractivity contribution in [2.75, 3.05) is 18.5 Å². The molecule has 23 heavy (non-hydrogen) atoms. The van der Waals surface area contributed by atoms with E-state index in [2.05, 4.69) is 27.1 Å². The van der Waals surface area contributed by atoms with Gasteiger partial charge in [0.15, 0.2) is 0 Å². The topological polar surface area (TPSA) is 79.2 Å². The van der Waals surface area contributed by atoms with E-state index in [1.165, 1.54) is 0 Å². The lowest BCUT2D eigenvalue weighted by atomic mass is 10.2. The number of nitrogens with zero attached hydrogens (tertiary/aromatic N) is 2. The summed E-state index contributed by atoms with van der Waals surface area (Å²) in [6.45, 7) is 3.61. The number of amides is 2. The molecule has 124 valence electrons. The molecule has 0 aliphatic heterocycles. The van der Waals surface area contributed by atoms with Crippen molar-refractivity contribution in [3.05, 3.63) is 36.7 Å². The van der Waals surface area contributed by atoms with E-state index in [4.69, 9.17) is 5.11 Å². The Balaban J connectivity index is 2.05. The minimum atomic E-state index is -0.273. The minimum absolute atomic E-state index is 0.0657. The molecule has 6 nitrogen and oxygen atoms in total. The molecule has 2 rings (SSSR count). The summed E-state index contributed by atoms with van der Waals surface area (Å²) in [5.41, 5.74) is 1.69. The number of aromatic nitrogens is 2. The van der Waals surface area contributed by atoms with E-state index in [9.17, 15) is 4.79 Å². The minimum Gasteiger partial charge on any atom is -0.396 e. The van der Waals surface area contributed by atoms with Crippen LogP contribution in [-0.2, 0) is 6.54 Å². The zero-order chi connectivity index (χ0) is 16.5. The second-order valence-corrected chi connectivity index (χ2v) is 5.34. The van der Waals surface area contributed by atoms with Crippen molar-refractivity contribution in [2.45, 2.75) is 32.7 Å². The maximum absolute atomic E-state index is 11.8. The molecule has 0 fully saturated rings. The molecule has 0 saturated carbocycles. The van der Waals surface area contributed by atoms with Crippen LogP contribution in [0.5, 0.6) is 0 Å². The van der Waals surface area contributed by atoms with Crippen molar-refractivity contribution in [2.24, 2.45) is 0 Å². The van der Waals surface area contributed by atoms with Crippen molar-refractivity contribution in [3.63, 3.8) is 0 Å². The second kappa shape index (κ2) is 8.95. The predicted molar refractivity (Wildman–Crippen MR) is 91.3 cm³/mol. The summed E-state index contributed by atoms with van der Waals surface area (Å²) in [7, 11) is 0. The van der Waals surface area contributed by atoms with E-state index in [0.29, 0.717) is 18.7 Å². The number of unbranched alkanes of at least 4 members (excludes halogenated alkanes) is 1. The van der Waals surface area contributed by atoms with Crippen molar-refractivity contribution in [1.82, 2.24) is 14.9 Å². The summed E-state index contributed by atoms with van der Waals surface area (Å²) in [6.07, 6.45) is 6.56. The summed E-state index contributed by atoms with van der Waals surface area (Å²) in [6, 6.07) is 7.37. The van der Waals surface area contributed by atoms with E-state index < -0.39 is 0 Å². The van der Waals surface area contributed by atoms with Gasteiger partial charge in [0.1, 0.15) is 5.82 Å². The van der Waals surface area contributed by atoms with Gasteiger partial charge >= 0.3 is 6.03 Å². The Labute approximate surface area is 136 Å². The lowest BCUT2D eigenvalue weighted by molar-refractivity contribution is 0.249. The third-order valence-corrected chi connectivity index (χ3v) is 3.47. The largest absolute Gasteiger partial charge is 0.396 e. The number of aliphatic hydroxyl groups is 1. The fourth-order valence-electron chi connectivity index (χ4n) is 2.27. The Bertz CT molecular complexity index is 625. The number of imidazole rings is 1. The zero-order valence-electron chi connectivity index (χ0n) is 13.5. The lowest BCUT2D eigenvalue weighted by Crippen LogP contribution is -2.29. The van der Waals surface area contributed by atoms with E-state index in [1.807, 2.05) is 30.5 Å². The van der Waals surface area contributed by atoms with Gasteiger partial charge in [0.2, 0.25) is 0 Å². The van der Waals surface area contributed by atoms with Gasteiger partial charge in [-0.05, 0) is 25.0 Å². The highest BCUT2D eigenvalue weighted by atomic mass is 16.3. The number of hydrogen-bond acceptors (Lipinski definition) is 3. The van der Waals surface area contributed by atoms with Gasteiger partial charge in [0.25, 0.3) is 0 Å². The number of carbonyl (C=O) groups excluding carboxylic acids is 1. The van der Waals surface area contributed by atoms with Gasteiger partial charge in [-0.2, -0.15) is 0 Å². The average Bonchev–Trinajstić information content (AvgIpc) is 3.02. The van der Waals surface area contributed by atoms with Gasteiger partial charge < -0.3 is 20.3 Å². The first-order valence-corrected chi connectivity index (χ1v) is 8.02. The van der Waals surface area contributed by atoms with Crippen LogP contribution in [0.2, 0.25) is 0 Å². The average molecular weight is 316 g/mol. The first-order valence-electron chi connectivity index (χ1n) is 8.02. The Morgan fingerprint density at radius 2 is 2.22 bits per heavy atom. The molecule has 1 aromatic carbocycles. The molecule has 3 N–H and O–H groups in total. The zero-order valence-corrected chi connectivity index (χ0v) is 13.5. The summed E-state index contributed by atoms with van der Waals surface area (Å²) < 4.78 is 2.13. The first kappa shape index (κ1) is 17.0. The molecule has 0 aliphatic rings. The monoisotopic (exact) mass is 316 g/mol. The van der Waals surface area contributed by atoms with Crippen LogP contribution in [-0.4, -0.2) is 33.8 Å².